The van der Waals surface area contributed by atoms with E-state index in [1.807, 2.05) is 0 Å². The Morgan fingerprint density at radius 3 is 1.41 bits per heavy atom. The van der Waals surface area contributed by atoms with Gasteiger partial charge >= 0.3 is 17.9 Å². The molecule has 0 aliphatic rings. The van der Waals surface area contributed by atoms with Crippen LogP contribution in [0.25, 0.3) is 0 Å². The summed E-state index contributed by atoms with van der Waals surface area (Å²) in [6.07, 6.45) is 13.0. The summed E-state index contributed by atoms with van der Waals surface area (Å²) in [5.41, 5.74) is 3.63. The van der Waals surface area contributed by atoms with Gasteiger partial charge < -0.3 is 40.4 Å². The van der Waals surface area contributed by atoms with Gasteiger partial charge in [-0.15, -0.1) is 37.0 Å². The van der Waals surface area contributed by atoms with Crippen LogP contribution in [0.1, 0.15) is 60.8 Å². The van der Waals surface area contributed by atoms with Gasteiger partial charge in [0.15, 0.2) is 12.1 Å². The molecule has 0 aromatic carbocycles. The Kier molecular flexibility index (Phi) is 19.7. The number of carbonyl (C=O) groups excluding carboxylic acids is 1. The Balaban J connectivity index is -0.000000526. The Labute approximate surface area is 229 Å². The van der Waals surface area contributed by atoms with Gasteiger partial charge in [-0.25, -0.2) is 9.59 Å². The van der Waals surface area contributed by atoms with Gasteiger partial charge in [0.2, 0.25) is 0 Å². The molecule has 0 radical (unpaired) electrons. The third-order valence-corrected chi connectivity index (χ3v) is 3.35. The highest BCUT2D eigenvalue weighted by Crippen LogP contribution is 2.08. The fourth-order valence-corrected chi connectivity index (χ4v) is 1.77. The number of aliphatic imine (C=N–C) groups is 2. The molecule has 0 bridgehead atoms. The summed E-state index contributed by atoms with van der Waals surface area (Å²) in [5, 5.41) is 39.2. The summed E-state index contributed by atoms with van der Waals surface area (Å²) in [4.78, 5) is 38.5. The average Bonchev–Trinajstić information content (AvgIpc) is 2.76. The summed E-state index contributed by atoms with van der Waals surface area (Å²) < 4.78 is 14.2. The van der Waals surface area contributed by atoms with Gasteiger partial charge in [0.05, 0.1) is 7.11 Å². The van der Waals surface area contributed by atoms with Crippen molar-refractivity contribution in [1.29, 1.82) is 0 Å². The lowest BCUT2D eigenvalue weighted by Gasteiger charge is -2.30. The van der Waals surface area contributed by atoms with Crippen molar-refractivity contribution in [3.05, 3.63) is 0 Å². The van der Waals surface area contributed by atoms with Crippen LogP contribution in [0, 0.1) is 37.0 Å². The van der Waals surface area contributed by atoms with E-state index in [9.17, 15) is 24.6 Å². The zero-order chi connectivity index (χ0) is 31.4. The van der Waals surface area contributed by atoms with E-state index in [1.54, 1.807) is 41.5 Å². The van der Waals surface area contributed by atoms with Crippen molar-refractivity contribution in [2.24, 2.45) is 15.7 Å². The fourth-order valence-electron chi connectivity index (χ4n) is 1.77. The van der Waals surface area contributed by atoms with Crippen molar-refractivity contribution in [1.82, 2.24) is 0 Å². The van der Waals surface area contributed by atoms with Crippen LogP contribution in [0.2, 0.25) is 0 Å². The molecular formula is C26H37N3O10-2. The van der Waals surface area contributed by atoms with Crippen molar-refractivity contribution < 1.29 is 49.0 Å². The van der Waals surface area contributed by atoms with E-state index in [4.69, 9.17) is 44.7 Å². The first-order valence-electron chi connectivity index (χ1n) is 11.2. The Hall–Kier alpha value is -4.41. The quantitative estimate of drug-likeness (QED) is 0.151. The molecule has 3 unspecified atom stereocenters. The van der Waals surface area contributed by atoms with Crippen LogP contribution >= 0.6 is 0 Å². The molecule has 39 heavy (non-hydrogen) atoms. The van der Waals surface area contributed by atoms with Gasteiger partial charge in [-0.3, -0.25) is 14.8 Å². The Morgan fingerprint density at radius 1 is 0.795 bits per heavy atom. The molecule has 0 saturated carbocycles. The van der Waals surface area contributed by atoms with E-state index in [0.29, 0.717) is 0 Å². The lowest BCUT2D eigenvalue weighted by Crippen LogP contribution is -2.34. The minimum absolute atomic E-state index is 0.00587. The molecule has 0 spiro atoms. The number of methoxy groups -OCH3 is 1. The molecule has 13 heteroatoms. The van der Waals surface area contributed by atoms with Crippen molar-refractivity contribution in [2.45, 2.75) is 90.1 Å². The summed E-state index contributed by atoms with van der Waals surface area (Å²) in [5.74, 6) is 3.59. The fraction of sp³-hybridized carbons (Fsp3) is 0.577. The number of carboxylic acid groups (broad SMARTS) is 2. The van der Waals surface area contributed by atoms with Crippen LogP contribution in [-0.2, 0) is 28.6 Å². The van der Waals surface area contributed by atoms with Crippen LogP contribution < -0.4 is 15.9 Å². The van der Waals surface area contributed by atoms with E-state index >= 15 is 0 Å². The number of aliphatic carboxylic acids is 2. The highest BCUT2D eigenvalue weighted by Gasteiger charge is 2.17. The molecule has 4 N–H and O–H groups in total. The third kappa shape index (κ3) is 25.0. The zero-order valence-corrected chi connectivity index (χ0v) is 23.2. The summed E-state index contributed by atoms with van der Waals surface area (Å²) in [7, 11) is 1.20. The molecule has 3 atom stereocenters. The lowest BCUT2D eigenvalue weighted by atomic mass is 10.2. The maximum atomic E-state index is 11.3. The van der Waals surface area contributed by atoms with Gasteiger partial charge in [-0.05, 0) is 0 Å². The molecular weight excluding hydrogens is 514 g/mol. The van der Waals surface area contributed by atoms with E-state index < -0.39 is 59.4 Å². The van der Waals surface area contributed by atoms with Crippen molar-refractivity contribution in [3.8, 4) is 37.0 Å². The molecule has 0 rings (SSSR count). The third-order valence-electron chi connectivity index (χ3n) is 3.35. The van der Waals surface area contributed by atoms with Crippen LogP contribution in [-0.4, -0.2) is 76.7 Å². The first-order valence-corrected chi connectivity index (χ1v) is 11.2. The molecule has 0 saturated heterocycles. The first-order chi connectivity index (χ1) is 17.7. The molecule has 0 fully saturated rings. The monoisotopic (exact) mass is 551 g/mol. The second kappa shape index (κ2) is 19.7. The van der Waals surface area contributed by atoms with Gasteiger partial charge in [-0.1, -0.05) is 41.5 Å². The number of carbonyl (C=O) groups is 3. The molecule has 0 aromatic rings. The second-order valence-electron chi connectivity index (χ2n) is 9.28. The smallest absolute Gasteiger partial charge is 0.331 e. The number of rotatable bonds is 8. The minimum Gasteiger partial charge on any atom is -0.595 e. The standard InChI is InChI=1S/C11H17NO4.C10H15NO4.C5H7NO2/c1-6-7-8(9(13)15-5)12-10(14)16-11(2,3)4;1-5-6-7(8(12)13)11-9(14)15-10(2,3)4;1-2-3-4(6)5(7)8/h1,8H,7H2,2-5H3,(H,12,14);1,7H,6H2,2-4H3,(H,11,14)(H,12,13);1,4H,3,6H2,(H,7,8)/p-2. The lowest BCUT2D eigenvalue weighted by molar-refractivity contribution is -0.262. The van der Waals surface area contributed by atoms with E-state index in [-0.39, 0.29) is 19.3 Å². The molecule has 0 heterocycles. The van der Waals surface area contributed by atoms with Crippen molar-refractivity contribution in [3.63, 3.8) is 0 Å². The van der Waals surface area contributed by atoms with Gasteiger partial charge in [-0.2, -0.15) is 0 Å². The Morgan fingerprint density at radius 2 is 1.15 bits per heavy atom. The number of nitrogens with zero attached hydrogens (tertiary/aromatic N) is 2. The number of hydrogen-bond donors (Lipinski definition) is 3. The average molecular weight is 552 g/mol. The molecule has 13 nitrogen and oxygen atoms in total. The van der Waals surface area contributed by atoms with E-state index in [2.05, 4.69) is 32.5 Å². The molecule has 0 aliphatic carbocycles. The maximum absolute atomic E-state index is 11.3. The van der Waals surface area contributed by atoms with Gasteiger partial charge in [0.1, 0.15) is 18.2 Å². The van der Waals surface area contributed by atoms with Gasteiger partial charge in [0, 0.05) is 30.5 Å². The summed E-state index contributed by atoms with van der Waals surface area (Å²) >= 11 is 0. The highest BCUT2D eigenvalue weighted by molar-refractivity contribution is 5.79. The Bertz CT molecular complexity index is 970. The zero-order valence-electron chi connectivity index (χ0n) is 23.2. The van der Waals surface area contributed by atoms with Gasteiger partial charge in [0.25, 0.3) is 0 Å². The highest BCUT2D eigenvalue weighted by atomic mass is 16.6. The predicted molar refractivity (Wildman–Crippen MR) is 140 cm³/mol. The number of ether oxygens (including phenoxy) is 3. The van der Waals surface area contributed by atoms with Crippen molar-refractivity contribution >= 4 is 30.1 Å². The first kappa shape index (κ1) is 39.1. The van der Waals surface area contributed by atoms with E-state index in [1.165, 1.54) is 7.11 Å². The molecule has 218 valence electrons. The number of nitrogens with two attached hydrogens (primary N) is 1. The normalized spacial score (nSPS) is 13.6. The number of carboxylic acids is 2. The van der Waals surface area contributed by atoms with Crippen LogP contribution in [0.5, 0.6) is 0 Å². The van der Waals surface area contributed by atoms with Crippen LogP contribution in [0.4, 0.5) is 0 Å². The van der Waals surface area contributed by atoms with Crippen LogP contribution in [0.15, 0.2) is 9.98 Å². The number of esters is 1. The summed E-state index contributed by atoms with van der Waals surface area (Å²) in [6.45, 7) is 10.1. The topological polar surface area (TPSA) is 216 Å². The predicted octanol–water partition coefficient (Wildman–Crippen LogP) is -0.501. The van der Waals surface area contributed by atoms with Crippen LogP contribution in [0.3, 0.4) is 0 Å². The minimum atomic E-state index is -1.24. The molecule has 0 aromatic heterocycles. The SMILES string of the molecule is C#CCC(N)C(=O)O.C#CCC(N=C([O-])OC(C)(C)C)C(=O)O.C#CCC(N=C([O-])OC(C)(C)C)C(=O)OC. The molecule has 0 aliphatic heterocycles. The second-order valence-corrected chi connectivity index (χ2v) is 9.28. The largest absolute Gasteiger partial charge is 0.595 e. The maximum Gasteiger partial charge on any atom is 0.331 e. The summed E-state index contributed by atoms with van der Waals surface area (Å²) in [6, 6.07) is -3.13. The number of terminal acetylenes is 3. The van der Waals surface area contributed by atoms with E-state index in [0.717, 1.165) is 0 Å². The number of hydrogen-bond acceptors (Lipinski definition) is 11. The molecule has 0 amide bonds. The van der Waals surface area contributed by atoms with Crippen molar-refractivity contribution in [2.75, 3.05) is 7.11 Å².